The van der Waals surface area contributed by atoms with Crippen molar-refractivity contribution in [2.75, 3.05) is 0 Å². The number of nitrogens with zero attached hydrogens (tertiary/aromatic N) is 2. The van der Waals surface area contributed by atoms with E-state index in [0.717, 1.165) is 33.1 Å². The van der Waals surface area contributed by atoms with Crippen molar-refractivity contribution >= 4 is 97.2 Å². The van der Waals surface area contributed by atoms with Crippen molar-refractivity contribution in [1.29, 1.82) is 0 Å². The van der Waals surface area contributed by atoms with Crippen LogP contribution < -0.4 is 0 Å². The number of hydrogen-bond donors (Lipinski definition) is 0. The fourth-order valence-corrected chi connectivity index (χ4v) is 10.2. The average Bonchev–Trinajstić information content (AvgIpc) is 3.32. The van der Waals surface area contributed by atoms with Crippen LogP contribution >= 0.6 is 0 Å². The summed E-state index contributed by atoms with van der Waals surface area (Å²) in [6.45, 7) is 0. The SMILES string of the molecule is c1cnc2c(c1)ccc1ccc(-c3ccc(-c4c5ccccc5c(-c5cc6ccc7cccc8c9ccccc9c9ccccc9c(c5)c6c78)c5ccccc45)cc3)nc12. The minimum absolute atomic E-state index is 0.929. The van der Waals surface area contributed by atoms with Crippen LogP contribution in [0.3, 0.4) is 0 Å². The van der Waals surface area contributed by atoms with Gasteiger partial charge in [0, 0.05) is 22.5 Å². The summed E-state index contributed by atoms with van der Waals surface area (Å²) < 4.78 is 0. The molecule has 2 aromatic heterocycles. The Morgan fingerprint density at radius 2 is 0.733 bits per heavy atom. The van der Waals surface area contributed by atoms with Crippen LogP contribution in [-0.4, -0.2) is 9.97 Å². The summed E-state index contributed by atoms with van der Waals surface area (Å²) in [6, 6.07) is 73.7. The molecule has 0 radical (unpaired) electrons. The lowest BCUT2D eigenvalue weighted by molar-refractivity contribution is 1.37. The Labute approximate surface area is 345 Å². The Bertz CT molecular complexity index is 3880. The second kappa shape index (κ2) is 12.8. The maximum Gasteiger partial charge on any atom is 0.0972 e. The van der Waals surface area contributed by atoms with E-state index in [0.29, 0.717) is 0 Å². The predicted molar refractivity (Wildman–Crippen MR) is 256 cm³/mol. The highest BCUT2D eigenvalue weighted by Gasteiger charge is 2.20. The number of pyridine rings is 2. The van der Waals surface area contributed by atoms with Gasteiger partial charge in [0.2, 0.25) is 0 Å². The summed E-state index contributed by atoms with van der Waals surface area (Å²) in [5.74, 6) is 0. The standard InChI is InChI=1S/C58H34N2/c1-3-15-44-42(13-1)43-14-2-4-16-45(43)51-34-41(33-40-29-26-36-11-9-21-46(44)55(36)56(40)51)54-49-19-7-5-17-47(49)53(48-18-6-8-20-50(48)54)37-24-22-35(23-25-37)52-31-30-39-28-27-38-12-10-32-59-57(38)58(39)60-52/h1-34H. The molecule has 2 heteroatoms. The molecule has 60 heavy (non-hydrogen) atoms. The van der Waals surface area contributed by atoms with Gasteiger partial charge in [0.1, 0.15) is 0 Å². The van der Waals surface area contributed by atoms with Crippen LogP contribution in [0.4, 0.5) is 0 Å². The third-order valence-electron chi connectivity index (χ3n) is 12.8. The minimum atomic E-state index is 0.929. The number of rotatable bonds is 3. The number of hydrogen-bond acceptors (Lipinski definition) is 2. The molecule has 0 N–H and O–H groups in total. The van der Waals surface area contributed by atoms with Crippen molar-refractivity contribution in [3.63, 3.8) is 0 Å². The van der Waals surface area contributed by atoms with E-state index in [1.54, 1.807) is 0 Å². The Balaban J connectivity index is 1.06. The van der Waals surface area contributed by atoms with Crippen LogP contribution in [-0.2, 0) is 0 Å². The molecular weight excluding hydrogens is 725 g/mol. The van der Waals surface area contributed by atoms with E-state index in [2.05, 4.69) is 199 Å². The topological polar surface area (TPSA) is 25.8 Å². The van der Waals surface area contributed by atoms with Crippen LogP contribution in [0.5, 0.6) is 0 Å². The lowest BCUT2D eigenvalue weighted by Crippen LogP contribution is -1.92. The molecular formula is C58H34N2. The molecule has 0 spiro atoms. The maximum atomic E-state index is 5.15. The summed E-state index contributed by atoms with van der Waals surface area (Å²) in [6.07, 6.45) is 1.85. The van der Waals surface area contributed by atoms with Gasteiger partial charge in [-0.3, -0.25) is 4.98 Å². The van der Waals surface area contributed by atoms with Crippen LogP contribution in [0, 0.1) is 0 Å². The normalized spacial score (nSPS) is 12.0. The first kappa shape index (κ1) is 33.1. The van der Waals surface area contributed by atoms with Gasteiger partial charge in [0.05, 0.1) is 16.7 Å². The first-order valence-corrected chi connectivity index (χ1v) is 20.6. The molecule has 0 amide bonds. The van der Waals surface area contributed by atoms with E-state index in [1.165, 1.54) is 97.7 Å². The first-order valence-electron chi connectivity index (χ1n) is 20.6. The second-order valence-corrected chi connectivity index (χ2v) is 16.0. The van der Waals surface area contributed by atoms with Gasteiger partial charge in [-0.05, 0) is 122 Å². The zero-order valence-electron chi connectivity index (χ0n) is 32.5. The molecule has 0 aliphatic heterocycles. The van der Waals surface area contributed by atoms with Crippen molar-refractivity contribution < 1.29 is 0 Å². The van der Waals surface area contributed by atoms with E-state index in [4.69, 9.17) is 4.98 Å². The number of benzene rings is 10. The van der Waals surface area contributed by atoms with Gasteiger partial charge in [-0.15, -0.1) is 0 Å². The molecule has 0 fully saturated rings. The van der Waals surface area contributed by atoms with Crippen molar-refractivity contribution in [2.24, 2.45) is 0 Å². The quantitative estimate of drug-likeness (QED) is 0.132. The minimum Gasteiger partial charge on any atom is -0.254 e. The summed E-state index contributed by atoms with van der Waals surface area (Å²) in [7, 11) is 0. The van der Waals surface area contributed by atoms with Crippen molar-refractivity contribution in [2.45, 2.75) is 0 Å². The number of fused-ring (bicyclic) bond motifs is 10. The molecule has 276 valence electrons. The summed E-state index contributed by atoms with van der Waals surface area (Å²) in [5, 5.41) is 19.9. The maximum absolute atomic E-state index is 5.15. The molecule has 2 nitrogen and oxygen atoms in total. The summed E-state index contributed by atoms with van der Waals surface area (Å²) >= 11 is 0. The monoisotopic (exact) mass is 758 g/mol. The van der Waals surface area contributed by atoms with Crippen LogP contribution in [0.2, 0.25) is 0 Å². The van der Waals surface area contributed by atoms with E-state index < -0.39 is 0 Å². The second-order valence-electron chi connectivity index (χ2n) is 16.0. The highest BCUT2D eigenvalue weighted by atomic mass is 14.7. The molecule has 0 bridgehead atoms. The highest BCUT2D eigenvalue weighted by Crippen LogP contribution is 2.47. The van der Waals surface area contributed by atoms with Crippen molar-refractivity contribution in [3.8, 4) is 33.5 Å². The van der Waals surface area contributed by atoms with E-state index >= 15 is 0 Å². The Hall–Kier alpha value is -7.94. The molecule has 13 aromatic rings. The Kier molecular flexibility index (Phi) is 7.05. The molecule has 11 aromatic carbocycles. The summed E-state index contributed by atoms with van der Waals surface area (Å²) in [4.78, 5) is 9.84. The van der Waals surface area contributed by atoms with Crippen LogP contribution in [0.15, 0.2) is 206 Å². The molecule has 2 heterocycles. The lowest BCUT2D eigenvalue weighted by Gasteiger charge is -2.19. The fourth-order valence-electron chi connectivity index (χ4n) is 10.2. The van der Waals surface area contributed by atoms with Gasteiger partial charge in [0.15, 0.2) is 0 Å². The van der Waals surface area contributed by atoms with Gasteiger partial charge >= 0.3 is 0 Å². The lowest BCUT2D eigenvalue weighted by atomic mass is 9.84. The molecule has 0 saturated heterocycles. The number of aromatic nitrogens is 2. The van der Waals surface area contributed by atoms with Crippen molar-refractivity contribution in [1.82, 2.24) is 9.97 Å². The zero-order valence-corrected chi connectivity index (χ0v) is 32.5. The predicted octanol–water partition coefficient (Wildman–Crippen LogP) is 15.9. The van der Waals surface area contributed by atoms with Gasteiger partial charge in [-0.25, -0.2) is 4.98 Å². The molecule has 0 aliphatic rings. The zero-order chi connectivity index (χ0) is 39.3. The molecule has 0 aliphatic carbocycles. The van der Waals surface area contributed by atoms with Crippen molar-refractivity contribution in [3.05, 3.63) is 206 Å². The largest absolute Gasteiger partial charge is 0.254 e. The third kappa shape index (κ3) is 4.82. The van der Waals surface area contributed by atoms with Gasteiger partial charge in [0.25, 0.3) is 0 Å². The van der Waals surface area contributed by atoms with Gasteiger partial charge < -0.3 is 0 Å². The van der Waals surface area contributed by atoms with Crippen LogP contribution in [0.1, 0.15) is 0 Å². The Morgan fingerprint density at radius 1 is 0.267 bits per heavy atom. The molecule has 13 rings (SSSR count). The smallest absolute Gasteiger partial charge is 0.0972 e. The van der Waals surface area contributed by atoms with Gasteiger partial charge in [-0.1, -0.05) is 176 Å². The van der Waals surface area contributed by atoms with E-state index in [1.807, 2.05) is 12.3 Å². The van der Waals surface area contributed by atoms with E-state index in [-0.39, 0.29) is 0 Å². The van der Waals surface area contributed by atoms with Gasteiger partial charge in [-0.2, -0.15) is 0 Å². The molecule has 0 saturated carbocycles. The van der Waals surface area contributed by atoms with Crippen LogP contribution in [0.25, 0.3) is 131 Å². The average molecular weight is 759 g/mol. The first-order chi connectivity index (χ1) is 29.8. The molecule has 0 unspecified atom stereocenters. The fraction of sp³-hybridized carbons (Fsp3) is 0. The summed E-state index contributed by atoms with van der Waals surface area (Å²) in [5.41, 5.74) is 8.78. The van der Waals surface area contributed by atoms with E-state index in [9.17, 15) is 0 Å². The highest BCUT2D eigenvalue weighted by molar-refractivity contribution is 6.34. The third-order valence-corrected chi connectivity index (χ3v) is 12.8. The molecule has 0 atom stereocenters. The Morgan fingerprint density at radius 3 is 1.40 bits per heavy atom.